The molecule has 2 aromatic rings. The molecule has 2 aromatic carbocycles. The molecule has 1 atom stereocenters. The Hall–Kier alpha value is -0.910. The lowest BCUT2D eigenvalue weighted by atomic mass is 10.1. The summed E-state index contributed by atoms with van der Waals surface area (Å²) in [6.45, 7) is 2.76. The zero-order valence-electron chi connectivity index (χ0n) is 11.8. The van der Waals surface area contributed by atoms with Gasteiger partial charge in [-0.1, -0.05) is 12.1 Å². The van der Waals surface area contributed by atoms with Crippen molar-refractivity contribution in [2.24, 2.45) is 0 Å². The molecule has 0 aliphatic heterocycles. The van der Waals surface area contributed by atoms with E-state index >= 15 is 0 Å². The fourth-order valence-electron chi connectivity index (χ4n) is 1.99. The predicted octanol–water partition coefficient (Wildman–Crippen LogP) is 5.21. The van der Waals surface area contributed by atoms with E-state index in [0.717, 1.165) is 21.3 Å². The van der Waals surface area contributed by atoms with Crippen LogP contribution in [0, 0.1) is 5.82 Å². The van der Waals surface area contributed by atoms with E-state index in [9.17, 15) is 4.39 Å². The number of nitrogens with one attached hydrogen (secondary N) is 1. The minimum Gasteiger partial charge on any atom is -0.496 e. The summed E-state index contributed by atoms with van der Waals surface area (Å²) < 4.78 is 19.8. The molecule has 1 unspecified atom stereocenters. The third-order valence-electron chi connectivity index (χ3n) is 3.27. The zero-order valence-corrected chi connectivity index (χ0v) is 15.0. The van der Waals surface area contributed by atoms with Crippen LogP contribution >= 0.6 is 31.9 Å². The minimum atomic E-state index is -0.245. The second-order valence-electron chi connectivity index (χ2n) is 4.75. The monoisotopic (exact) mass is 415 g/mol. The summed E-state index contributed by atoms with van der Waals surface area (Å²) in [5.74, 6) is 0.569. The van der Waals surface area contributed by atoms with Crippen molar-refractivity contribution in [3.05, 3.63) is 62.3 Å². The Bertz CT molecular complexity index is 634. The van der Waals surface area contributed by atoms with Crippen LogP contribution in [0.5, 0.6) is 5.75 Å². The fraction of sp³-hybridized carbons (Fsp3) is 0.250. The summed E-state index contributed by atoms with van der Waals surface area (Å²) in [6.07, 6.45) is 0. The van der Waals surface area contributed by atoms with Gasteiger partial charge in [-0.3, -0.25) is 0 Å². The molecule has 0 bridgehead atoms. The van der Waals surface area contributed by atoms with Crippen LogP contribution in [0.3, 0.4) is 0 Å². The smallest absolute Gasteiger partial charge is 0.137 e. The van der Waals surface area contributed by atoms with Gasteiger partial charge in [0.05, 0.1) is 16.1 Å². The molecule has 1 N–H and O–H groups in total. The van der Waals surface area contributed by atoms with Gasteiger partial charge in [0.1, 0.15) is 11.6 Å². The van der Waals surface area contributed by atoms with Crippen molar-refractivity contribution in [2.45, 2.75) is 19.5 Å². The van der Waals surface area contributed by atoms with E-state index in [4.69, 9.17) is 4.74 Å². The normalized spacial score (nSPS) is 12.2. The van der Waals surface area contributed by atoms with Crippen molar-refractivity contribution in [2.75, 3.05) is 7.11 Å². The predicted molar refractivity (Wildman–Crippen MR) is 90.0 cm³/mol. The molecule has 0 radical (unpaired) electrons. The molecule has 0 fully saturated rings. The highest BCUT2D eigenvalue weighted by Gasteiger charge is 2.08. The molecule has 0 amide bonds. The van der Waals surface area contributed by atoms with E-state index in [1.54, 1.807) is 19.2 Å². The topological polar surface area (TPSA) is 21.3 Å². The van der Waals surface area contributed by atoms with Gasteiger partial charge in [-0.05, 0) is 74.2 Å². The van der Waals surface area contributed by atoms with Gasteiger partial charge in [0, 0.05) is 12.6 Å². The molecule has 0 aliphatic rings. The molecule has 112 valence electrons. The van der Waals surface area contributed by atoms with Crippen molar-refractivity contribution in [3.63, 3.8) is 0 Å². The number of rotatable bonds is 5. The van der Waals surface area contributed by atoms with Crippen molar-refractivity contribution in [1.82, 2.24) is 5.32 Å². The fourth-order valence-corrected chi connectivity index (χ4v) is 2.97. The molecule has 2 nitrogen and oxygen atoms in total. The van der Waals surface area contributed by atoms with Crippen LogP contribution < -0.4 is 10.1 Å². The maximum atomic E-state index is 13.2. The van der Waals surface area contributed by atoms with E-state index in [2.05, 4.69) is 44.1 Å². The van der Waals surface area contributed by atoms with Crippen LogP contribution in [-0.4, -0.2) is 7.11 Å². The summed E-state index contributed by atoms with van der Waals surface area (Å²) in [5, 5.41) is 3.42. The third kappa shape index (κ3) is 4.28. The quantitative estimate of drug-likeness (QED) is 0.722. The maximum Gasteiger partial charge on any atom is 0.137 e. The number of methoxy groups -OCH3 is 1. The zero-order chi connectivity index (χ0) is 15.4. The van der Waals surface area contributed by atoms with E-state index in [-0.39, 0.29) is 11.9 Å². The lowest BCUT2D eigenvalue weighted by molar-refractivity contribution is 0.411. The van der Waals surface area contributed by atoms with Gasteiger partial charge in [-0.15, -0.1) is 0 Å². The van der Waals surface area contributed by atoms with Crippen molar-refractivity contribution in [3.8, 4) is 5.75 Å². The van der Waals surface area contributed by atoms with Crippen LogP contribution in [0.25, 0.3) is 0 Å². The van der Waals surface area contributed by atoms with Gasteiger partial charge in [0.25, 0.3) is 0 Å². The summed E-state index contributed by atoms with van der Waals surface area (Å²) in [4.78, 5) is 0. The van der Waals surface area contributed by atoms with Crippen molar-refractivity contribution in [1.29, 1.82) is 0 Å². The summed E-state index contributed by atoms with van der Waals surface area (Å²) in [7, 11) is 1.65. The molecular weight excluding hydrogens is 401 g/mol. The Kier molecular flexibility index (Phi) is 5.79. The Morgan fingerprint density at radius 2 is 1.90 bits per heavy atom. The minimum absolute atomic E-state index is 0.177. The molecular formula is C16H16Br2FNO. The standard InChI is InChI=1S/C16H16Br2FNO/c1-10(12-4-6-16(21-2)14(18)8-12)20-9-11-3-5-15(19)13(17)7-11/h3-8,10,20H,9H2,1-2H3. The van der Waals surface area contributed by atoms with Gasteiger partial charge in [0.2, 0.25) is 0 Å². The number of halogens is 3. The van der Waals surface area contributed by atoms with Gasteiger partial charge in [-0.25, -0.2) is 4.39 Å². The molecule has 2 rings (SSSR count). The Balaban J connectivity index is 2.02. The molecule has 0 saturated carbocycles. The largest absolute Gasteiger partial charge is 0.496 e. The average Bonchev–Trinajstić information content (AvgIpc) is 2.48. The maximum absolute atomic E-state index is 13.2. The van der Waals surface area contributed by atoms with Crippen molar-refractivity contribution >= 4 is 31.9 Å². The molecule has 0 heterocycles. The first-order valence-corrected chi connectivity index (χ1v) is 8.10. The Labute approximate surface area is 141 Å². The molecule has 0 spiro atoms. The van der Waals surface area contributed by atoms with Crippen LogP contribution in [-0.2, 0) is 6.54 Å². The number of hydrogen-bond acceptors (Lipinski definition) is 2. The van der Waals surface area contributed by atoms with E-state index in [0.29, 0.717) is 11.0 Å². The molecule has 0 aliphatic carbocycles. The SMILES string of the molecule is COc1ccc(C(C)NCc2ccc(F)c(Br)c2)cc1Br. The van der Waals surface area contributed by atoms with E-state index < -0.39 is 0 Å². The Morgan fingerprint density at radius 3 is 2.52 bits per heavy atom. The molecule has 0 aromatic heterocycles. The van der Waals surface area contributed by atoms with Crippen LogP contribution in [0.2, 0.25) is 0 Å². The first-order chi connectivity index (χ1) is 10.0. The van der Waals surface area contributed by atoms with E-state index in [1.807, 2.05) is 18.2 Å². The highest BCUT2D eigenvalue weighted by atomic mass is 79.9. The molecule has 5 heteroatoms. The van der Waals surface area contributed by atoms with Crippen LogP contribution in [0.4, 0.5) is 4.39 Å². The average molecular weight is 417 g/mol. The summed E-state index contributed by atoms with van der Waals surface area (Å²) in [5.41, 5.74) is 2.19. The molecule has 0 saturated heterocycles. The number of benzene rings is 2. The number of hydrogen-bond donors (Lipinski definition) is 1. The molecule has 21 heavy (non-hydrogen) atoms. The van der Waals surface area contributed by atoms with Crippen LogP contribution in [0.15, 0.2) is 45.3 Å². The second kappa shape index (κ2) is 7.38. The lowest BCUT2D eigenvalue weighted by Gasteiger charge is -2.16. The van der Waals surface area contributed by atoms with Gasteiger partial charge in [-0.2, -0.15) is 0 Å². The Morgan fingerprint density at radius 1 is 1.14 bits per heavy atom. The van der Waals surface area contributed by atoms with Gasteiger partial charge >= 0.3 is 0 Å². The van der Waals surface area contributed by atoms with Crippen LogP contribution in [0.1, 0.15) is 24.1 Å². The summed E-state index contributed by atoms with van der Waals surface area (Å²) >= 11 is 6.69. The first-order valence-electron chi connectivity index (χ1n) is 6.52. The second-order valence-corrected chi connectivity index (χ2v) is 6.45. The first kappa shape index (κ1) is 16.5. The van der Waals surface area contributed by atoms with E-state index in [1.165, 1.54) is 6.07 Å². The lowest BCUT2D eigenvalue weighted by Crippen LogP contribution is -2.18. The van der Waals surface area contributed by atoms with Gasteiger partial charge in [0.15, 0.2) is 0 Å². The highest BCUT2D eigenvalue weighted by Crippen LogP contribution is 2.28. The van der Waals surface area contributed by atoms with Crippen molar-refractivity contribution < 1.29 is 9.13 Å². The highest BCUT2D eigenvalue weighted by molar-refractivity contribution is 9.10. The van der Waals surface area contributed by atoms with Gasteiger partial charge < -0.3 is 10.1 Å². The summed E-state index contributed by atoms with van der Waals surface area (Å²) in [6, 6.07) is 11.2. The number of ether oxygens (including phenoxy) is 1. The third-order valence-corrected chi connectivity index (χ3v) is 4.50.